The standard InChI is InChI=1S/C14H26N2O2/c1-13(2,12(15)17)10-16-9-11-5-8-14(18-11)6-3-4-7-14/h11,16H,3-10H2,1-2H3,(H2,15,17). The lowest BCUT2D eigenvalue weighted by molar-refractivity contribution is -0.125. The molecule has 1 heterocycles. The molecule has 1 saturated carbocycles. The van der Waals surface area contributed by atoms with E-state index in [4.69, 9.17) is 10.5 Å². The van der Waals surface area contributed by atoms with Crippen LogP contribution in [0.25, 0.3) is 0 Å². The molecular formula is C14H26N2O2. The zero-order valence-electron chi connectivity index (χ0n) is 11.6. The Morgan fingerprint density at radius 1 is 1.39 bits per heavy atom. The first-order valence-electron chi connectivity index (χ1n) is 7.12. The van der Waals surface area contributed by atoms with Crippen molar-refractivity contribution in [1.82, 2.24) is 5.32 Å². The Morgan fingerprint density at radius 3 is 2.67 bits per heavy atom. The van der Waals surface area contributed by atoms with Gasteiger partial charge in [-0.25, -0.2) is 0 Å². The van der Waals surface area contributed by atoms with Crippen LogP contribution in [-0.4, -0.2) is 30.7 Å². The molecule has 1 unspecified atom stereocenters. The molecule has 18 heavy (non-hydrogen) atoms. The van der Waals surface area contributed by atoms with Gasteiger partial charge in [0.15, 0.2) is 0 Å². The smallest absolute Gasteiger partial charge is 0.224 e. The normalized spacial score (nSPS) is 26.9. The third kappa shape index (κ3) is 3.04. The van der Waals surface area contributed by atoms with Crippen molar-refractivity contribution in [3.8, 4) is 0 Å². The minimum absolute atomic E-state index is 0.200. The highest BCUT2D eigenvalue weighted by Crippen LogP contribution is 2.43. The third-order valence-electron chi connectivity index (χ3n) is 4.46. The molecular weight excluding hydrogens is 228 g/mol. The Hall–Kier alpha value is -0.610. The summed E-state index contributed by atoms with van der Waals surface area (Å²) in [4.78, 5) is 11.2. The van der Waals surface area contributed by atoms with Gasteiger partial charge in [-0.05, 0) is 39.5 Å². The van der Waals surface area contributed by atoms with E-state index in [0.717, 1.165) is 13.0 Å². The van der Waals surface area contributed by atoms with Crippen LogP contribution in [0.15, 0.2) is 0 Å². The molecule has 2 aliphatic rings. The van der Waals surface area contributed by atoms with Gasteiger partial charge in [-0.2, -0.15) is 0 Å². The molecule has 4 heteroatoms. The second-order valence-electron chi connectivity index (χ2n) is 6.55. The van der Waals surface area contributed by atoms with Crippen molar-refractivity contribution in [2.45, 2.75) is 64.1 Å². The molecule has 2 rings (SSSR count). The van der Waals surface area contributed by atoms with Gasteiger partial charge in [0, 0.05) is 13.1 Å². The summed E-state index contributed by atoms with van der Waals surface area (Å²) in [6.07, 6.45) is 7.76. The van der Waals surface area contributed by atoms with E-state index in [1.165, 1.54) is 32.1 Å². The second kappa shape index (κ2) is 5.17. The average Bonchev–Trinajstić information content (AvgIpc) is 2.90. The van der Waals surface area contributed by atoms with Gasteiger partial charge < -0.3 is 15.8 Å². The number of carbonyl (C=O) groups excluding carboxylic acids is 1. The molecule has 3 N–H and O–H groups in total. The van der Waals surface area contributed by atoms with Crippen molar-refractivity contribution in [2.24, 2.45) is 11.1 Å². The zero-order valence-corrected chi connectivity index (χ0v) is 11.6. The van der Waals surface area contributed by atoms with Crippen molar-refractivity contribution < 1.29 is 9.53 Å². The largest absolute Gasteiger partial charge is 0.370 e. The lowest BCUT2D eigenvalue weighted by Crippen LogP contribution is -2.42. The SMILES string of the molecule is CC(C)(CNCC1CCC2(CCCC2)O1)C(N)=O. The number of ether oxygens (including phenoxy) is 1. The number of rotatable bonds is 5. The molecule has 0 aromatic carbocycles. The Balaban J connectivity index is 1.71. The van der Waals surface area contributed by atoms with Gasteiger partial charge in [0.05, 0.1) is 17.1 Å². The number of nitrogens with two attached hydrogens (primary N) is 1. The first-order chi connectivity index (χ1) is 8.44. The number of primary amides is 1. The topological polar surface area (TPSA) is 64.3 Å². The molecule has 1 aliphatic carbocycles. The van der Waals surface area contributed by atoms with Crippen LogP contribution < -0.4 is 11.1 Å². The molecule has 1 atom stereocenters. The molecule has 104 valence electrons. The highest BCUT2D eigenvalue weighted by Gasteiger charge is 2.41. The highest BCUT2D eigenvalue weighted by atomic mass is 16.5. The number of hydrogen-bond acceptors (Lipinski definition) is 3. The van der Waals surface area contributed by atoms with Gasteiger partial charge in [-0.15, -0.1) is 0 Å². The molecule has 0 radical (unpaired) electrons. The Kier molecular flexibility index (Phi) is 3.97. The fraction of sp³-hybridized carbons (Fsp3) is 0.929. The molecule has 1 aliphatic heterocycles. The van der Waals surface area contributed by atoms with Gasteiger partial charge in [0.2, 0.25) is 5.91 Å². The summed E-state index contributed by atoms with van der Waals surface area (Å²) in [6.45, 7) is 5.19. The van der Waals surface area contributed by atoms with Crippen LogP contribution >= 0.6 is 0 Å². The van der Waals surface area contributed by atoms with E-state index in [1.807, 2.05) is 13.8 Å². The van der Waals surface area contributed by atoms with Crippen molar-refractivity contribution in [3.63, 3.8) is 0 Å². The fourth-order valence-corrected chi connectivity index (χ4v) is 3.06. The van der Waals surface area contributed by atoms with Crippen LogP contribution in [0.3, 0.4) is 0 Å². The van der Waals surface area contributed by atoms with E-state index in [9.17, 15) is 4.79 Å². The van der Waals surface area contributed by atoms with Crippen LogP contribution in [0.1, 0.15) is 52.4 Å². The molecule has 1 spiro atoms. The van der Waals surface area contributed by atoms with Crippen LogP contribution in [-0.2, 0) is 9.53 Å². The Bertz CT molecular complexity index is 309. The van der Waals surface area contributed by atoms with Crippen molar-refractivity contribution in [2.75, 3.05) is 13.1 Å². The zero-order chi connectivity index (χ0) is 13.2. The maximum Gasteiger partial charge on any atom is 0.224 e. The summed E-state index contributed by atoms with van der Waals surface area (Å²) in [5, 5.41) is 3.33. The molecule has 0 bridgehead atoms. The molecule has 1 saturated heterocycles. The van der Waals surface area contributed by atoms with Gasteiger partial charge in [-0.3, -0.25) is 4.79 Å². The van der Waals surface area contributed by atoms with Gasteiger partial charge >= 0.3 is 0 Å². The van der Waals surface area contributed by atoms with E-state index in [2.05, 4.69) is 5.32 Å². The van der Waals surface area contributed by atoms with Crippen molar-refractivity contribution in [1.29, 1.82) is 0 Å². The minimum Gasteiger partial charge on any atom is -0.370 e. The summed E-state index contributed by atoms with van der Waals surface area (Å²) in [5.41, 5.74) is 5.07. The molecule has 2 fully saturated rings. The van der Waals surface area contributed by atoms with Crippen molar-refractivity contribution in [3.05, 3.63) is 0 Å². The molecule has 0 aromatic heterocycles. The number of amides is 1. The van der Waals surface area contributed by atoms with Crippen LogP contribution in [0.5, 0.6) is 0 Å². The second-order valence-corrected chi connectivity index (χ2v) is 6.55. The Morgan fingerprint density at radius 2 is 2.06 bits per heavy atom. The fourth-order valence-electron chi connectivity index (χ4n) is 3.06. The minimum atomic E-state index is -0.482. The summed E-state index contributed by atoms with van der Waals surface area (Å²) in [7, 11) is 0. The van der Waals surface area contributed by atoms with Crippen LogP contribution in [0.2, 0.25) is 0 Å². The van der Waals surface area contributed by atoms with E-state index in [1.54, 1.807) is 0 Å². The predicted octanol–water partition coefficient (Wildman–Crippen LogP) is 1.58. The first kappa shape index (κ1) is 13.8. The van der Waals surface area contributed by atoms with E-state index >= 15 is 0 Å². The number of nitrogens with one attached hydrogen (secondary N) is 1. The maximum atomic E-state index is 11.2. The lowest BCUT2D eigenvalue weighted by atomic mass is 9.93. The van der Waals surface area contributed by atoms with Gasteiger partial charge in [-0.1, -0.05) is 12.8 Å². The van der Waals surface area contributed by atoms with Crippen molar-refractivity contribution >= 4 is 5.91 Å². The molecule has 1 amide bonds. The summed E-state index contributed by atoms with van der Waals surface area (Å²) >= 11 is 0. The van der Waals surface area contributed by atoms with E-state index in [-0.39, 0.29) is 11.5 Å². The summed E-state index contributed by atoms with van der Waals surface area (Å²) < 4.78 is 6.21. The lowest BCUT2D eigenvalue weighted by Gasteiger charge is -2.25. The highest BCUT2D eigenvalue weighted by molar-refractivity contribution is 5.80. The van der Waals surface area contributed by atoms with Gasteiger partial charge in [0.1, 0.15) is 0 Å². The Labute approximate surface area is 110 Å². The quantitative estimate of drug-likeness (QED) is 0.783. The number of hydrogen-bond donors (Lipinski definition) is 2. The summed E-state index contributed by atoms with van der Waals surface area (Å²) in [5.74, 6) is -0.255. The first-order valence-corrected chi connectivity index (χ1v) is 7.12. The van der Waals surface area contributed by atoms with E-state index in [0.29, 0.717) is 12.6 Å². The van der Waals surface area contributed by atoms with Crippen LogP contribution in [0.4, 0.5) is 0 Å². The average molecular weight is 254 g/mol. The third-order valence-corrected chi connectivity index (χ3v) is 4.46. The number of carbonyl (C=O) groups is 1. The van der Waals surface area contributed by atoms with Gasteiger partial charge in [0.25, 0.3) is 0 Å². The summed E-state index contributed by atoms with van der Waals surface area (Å²) in [6, 6.07) is 0. The predicted molar refractivity (Wildman–Crippen MR) is 71.2 cm³/mol. The molecule has 0 aromatic rings. The maximum absolute atomic E-state index is 11.2. The van der Waals surface area contributed by atoms with E-state index < -0.39 is 5.41 Å². The monoisotopic (exact) mass is 254 g/mol. The molecule has 4 nitrogen and oxygen atoms in total. The van der Waals surface area contributed by atoms with Crippen LogP contribution in [0, 0.1) is 5.41 Å².